The molecular weight excluding hydrogens is 178 g/mol. The topological polar surface area (TPSA) is 53.8 Å². The van der Waals surface area contributed by atoms with E-state index in [4.69, 9.17) is 5.11 Å². The Bertz CT molecular complexity index is 403. The van der Waals surface area contributed by atoms with Crippen molar-refractivity contribution in [1.29, 1.82) is 0 Å². The molecule has 0 aliphatic carbocycles. The SMILES string of the molecule is Cn1c(-c2ccc[nH]2)cnc1CCO. The number of rotatable bonds is 3. The number of aliphatic hydroxyl groups excluding tert-OH is 1. The highest BCUT2D eigenvalue weighted by molar-refractivity contribution is 5.54. The summed E-state index contributed by atoms with van der Waals surface area (Å²) in [5, 5.41) is 8.82. The Balaban J connectivity index is 2.36. The fraction of sp³-hybridized carbons (Fsp3) is 0.300. The molecule has 14 heavy (non-hydrogen) atoms. The fourth-order valence-corrected chi connectivity index (χ4v) is 1.52. The van der Waals surface area contributed by atoms with Gasteiger partial charge in [-0.2, -0.15) is 0 Å². The summed E-state index contributed by atoms with van der Waals surface area (Å²) in [5.41, 5.74) is 2.09. The van der Waals surface area contributed by atoms with E-state index in [1.165, 1.54) is 0 Å². The van der Waals surface area contributed by atoms with Gasteiger partial charge in [0.15, 0.2) is 0 Å². The number of aliphatic hydroxyl groups is 1. The Hall–Kier alpha value is -1.55. The van der Waals surface area contributed by atoms with Crippen LogP contribution in [0.25, 0.3) is 11.4 Å². The highest BCUT2D eigenvalue weighted by atomic mass is 16.3. The molecule has 2 heterocycles. The highest BCUT2D eigenvalue weighted by Crippen LogP contribution is 2.17. The molecule has 4 heteroatoms. The first-order valence-electron chi connectivity index (χ1n) is 4.58. The van der Waals surface area contributed by atoms with Crippen molar-refractivity contribution in [1.82, 2.24) is 14.5 Å². The molecule has 0 fully saturated rings. The van der Waals surface area contributed by atoms with Crippen LogP contribution in [-0.4, -0.2) is 26.2 Å². The first-order chi connectivity index (χ1) is 6.83. The van der Waals surface area contributed by atoms with E-state index in [9.17, 15) is 0 Å². The molecule has 0 aliphatic rings. The quantitative estimate of drug-likeness (QED) is 0.759. The van der Waals surface area contributed by atoms with Crippen molar-refractivity contribution in [2.45, 2.75) is 6.42 Å². The number of imidazole rings is 1. The summed E-state index contributed by atoms with van der Waals surface area (Å²) in [5.74, 6) is 0.900. The van der Waals surface area contributed by atoms with E-state index in [1.807, 2.05) is 36.1 Å². The van der Waals surface area contributed by atoms with Crippen molar-refractivity contribution < 1.29 is 5.11 Å². The van der Waals surface area contributed by atoms with E-state index in [2.05, 4.69) is 9.97 Å². The van der Waals surface area contributed by atoms with Crippen LogP contribution in [0, 0.1) is 0 Å². The lowest BCUT2D eigenvalue weighted by Gasteiger charge is -2.02. The average molecular weight is 191 g/mol. The molecule has 0 spiro atoms. The van der Waals surface area contributed by atoms with Crippen LogP contribution in [0.4, 0.5) is 0 Å². The van der Waals surface area contributed by atoms with Crippen LogP contribution in [-0.2, 0) is 13.5 Å². The number of aromatic amines is 1. The van der Waals surface area contributed by atoms with Crippen molar-refractivity contribution >= 4 is 0 Å². The van der Waals surface area contributed by atoms with Gasteiger partial charge in [0.2, 0.25) is 0 Å². The number of nitrogens with one attached hydrogen (secondary N) is 1. The van der Waals surface area contributed by atoms with E-state index in [1.54, 1.807) is 0 Å². The zero-order valence-electron chi connectivity index (χ0n) is 8.07. The standard InChI is InChI=1S/C10H13N3O/c1-13-9(8-3-2-5-11-8)7-12-10(13)4-6-14/h2-3,5,7,11,14H,4,6H2,1H3. The number of nitrogens with zero attached hydrogens (tertiary/aromatic N) is 2. The summed E-state index contributed by atoms with van der Waals surface area (Å²) in [4.78, 5) is 7.37. The molecule has 0 radical (unpaired) electrons. The van der Waals surface area contributed by atoms with Gasteiger partial charge in [0, 0.05) is 19.7 Å². The number of H-pyrrole nitrogens is 1. The average Bonchev–Trinajstić information content (AvgIpc) is 2.77. The third-order valence-electron chi connectivity index (χ3n) is 2.29. The molecule has 0 saturated carbocycles. The minimum absolute atomic E-state index is 0.134. The van der Waals surface area contributed by atoms with Gasteiger partial charge in [-0.3, -0.25) is 0 Å². The molecule has 0 amide bonds. The maximum Gasteiger partial charge on any atom is 0.111 e. The minimum Gasteiger partial charge on any atom is -0.396 e. The second kappa shape index (κ2) is 3.67. The van der Waals surface area contributed by atoms with Crippen molar-refractivity contribution in [3.05, 3.63) is 30.4 Å². The molecule has 0 saturated heterocycles. The summed E-state index contributed by atoms with van der Waals surface area (Å²) in [7, 11) is 1.95. The Labute approximate surface area is 82.2 Å². The molecule has 2 aromatic rings. The van der Waals surface area contributed by atoms with Crippen LogP contribution in [0.3, 0.4) is 0 Å². The van der Waals surface area contributed by atoms with E-state index in [0.717, 1.165) is 17.2 Å². The lowest BCUT2D eigenvalue weighted by Crippen LogP contribution is -2.02. The van der Waals surface area contributed by atoms with Crippen LogP contribution in [0.15, 0.2) is 24.5 Å². The zero-order valence-corrected chi connectivity index (χ0v) is 8.07. The van der Waals surface area contributed by atoms with Crippen LogP contribution >= 0.6 is 0 Å². The predicted molar refractivity (Wildman–Crippen MR) is 53.8 cm³/mol. The normalized spacial score (nSPS) is 10.7. The molecule has 0 unspecified atom stereocenters. The molecule has 0 aliphatic heterocycles. The summed E-state index contributed by atoms with van der Waals surface area (Å²) in [6, 6.07) is 3.95. The summed E-state index contributed by atoms with van der Waals surface area (Å²) in [6.45, 7) is 0.134. The molecule has 2 rings (SSSR count). The van der Waals surface area contributed by atoms with E-state index in [-0.39, 0.29) is 6.61 Å². The highest BCUT2D eigenvalue weighted by Gasteiger charge is 2.07. The lowest BCUT2D eigenvalue weighted by molar-refractivity contribution is 0.295. The minimum atomic E-state index is 0.134. The Morgan fingerprint density at radius 2 is 2.43 bits per heavy atom. The summed E-state index contributed by atoms with van der Waals surface area (Å²) in [6.07, 6.45) is 4.29. The van der Waals surface area contributed by atoms with Gasteiger partial charge in [-0.15, -0.1) is 0 Å². The van der Waals surface area contributed by atoms with Gasteiger partial charge in [-0.25, -0.2) is 4.98 Å². The van der Waals surface area contributed by atoms with Crippen LogP contribution in [0.1, 0.15) is 5.82 Å². The van der Waals surface area contributed by atoms with Gasteiger partial charge in [0.25, 0.3) is 0 Å². The van der Waals surface area contributed by atoms with Crippen LogP contribution in [0.2, 0.25) is 0 Å². The van der Waals surface area contributed by atoms with Crippen molar-refractivity contribution in [3.8, 4) is 11.4 Å². The molecule has 2 N–H and O–H groups in total. The second-order valence-corrected chi connectivity index (χ2v) is 3.18. The first-order valence-corrected chi connectivity index (χ1v) is 4.58. The van der Waals surface area contributed by atoms with E-state index >= 15 is 0 Å². The van der Waals surface area contributed by atoms with Crippen LogP contribution in [0.5, 0.6) is 0 Å². The van der Waals surface area contributed by atoms with E-state index in [0.29, 0.717) is 6.42 Å². The molecule has 2 aromatic heterocycles. The molecule has 4 nitrogen and oxygen atoms in total. The molecule has 0 bridgehead atoms. The third-order valence-corrected chi connectivity index (χ3v) is 2.29. The molecule has 74 valence electrons. The second-order valence-electron chi connectivity index (χ2n) is 3.18. The monoisotopic (exact) mass is 191 g/mol. The third kappa shape index (κ3) is 1.44. The Kier molecular flexibility index (Phi) is 2.37. The number of hydrogen-bond acceptors (Lipinski definition) is 2. The van der Waals surface area contributed by atoms with Crippen LogP contribution < -0.4 is 0 Å². The summed E-state index contributed by atoms with van der Waals surface area (Å²) >= 11 is 0. The molecule has 0 atom stereocenters. The maximum absolute atomic E-state index is 8.82. The first kappa shape index (κ1) is 9.02. The molecule has 0 aromatic carbocycles. The largest absolute Gasteiger partial charge is 0.396 e. The van der Waals surface area contributed by atoms with E-state index < -0.39 is 0 Å². The predicted octanol–water partition coefficient (Wildman–Crippen LogP) is 0.950. The summed E-state index contributed by atoms with van der Waals surface area (Å²) < 4.78 is 1.99. The maximum atomic E-state index is 8.82. The fourth-order valence-electron chi connectivity index (χ4n) is 1.52. The molecular formula is C10H13N3O. The van der Waals surface area contributed by atoms with Gasteiger partial charge in [0.1, 0.15) is 5.82 Å². The number of aromatic nitrogens is 3. The van der Waals surface area contributed by atoms with Crippen molar-refractivity contribution in [2.24, 2.45) is 7.05 Å². The smallest absolute Gasteiger partial charge is 0.111 e. The van der Waals surface area contributed by atoms with Gasteiger partial charge < -0.3 is 14.7 Å². The van der Waals surface area contributed by atoms with Gasteiger partial charge in [-0.05, 0) is 12.1 Å². The number of hydrogen-bond donors (Lipinski definition) is 2. The lowest BCUT2D eigenvalue weighted by atomic mass is 10.3. The van der Waals surface area contributed by atoms with Gasteiger partial charge in [0.05, 0.1) is 24.2 Å². The van der Waals surface area contributed by atoms with Gasteiger partial charge >= 0.3 is 0 Å². The Morgan fingerprint density at radius 3 is 3.07 bits per heavy atom. The zero-order chi connectivity index (χ0) is 9.97. The Morgan fingerprint density at radius 1 is 1.57 bits per heavy atom. The van der Waals surface area contributed by atoms with Crippen molar-refractivity contribution in [2.75, 3.05) is 6.61 Å². The van der Waals surface area contributed by atoms with Gasteiger partial charge in [-0.1, -0.05) is 0 Å². The van der Waals surface area contributed by atoms with Crippen molar-refractivity contribution in [3.63, 3.8) is 0 Å².